The number of methoxy groups -OCH3 is 1. The molecule has 0 spiro atoms. The zero-order chi connectivity index (χ0) is 64.5. The summed E-state index contributed by atoms with van der Waals surface area (Å²) in [5, 5.41) is 14.7. The van der Waals surface area contributed by atoms with Crippen LogP contribution in [0.25, 0.3) is 0 Å². The predicted octanol–water partition coefficient (Wildman–Crippen LogP) is 5.24. The fourth-order valence-electron chi connectivity index (χ4n) is 9.79. The number of ether oxygens (including phenoxy) is 15. The molecule has 0 bridgehead atoms. The highest BCUT2D eigenvalue weighted by Crippen LogP contribution is 2.38. The number of hydrogen-bond acceptors (Lipinski definition) is 25. The highest BCUT2D eigenvalue weighted by molar-refractivity contribution is 6.67. The summed E-state index contributed by atoms with van der Waals surface area (Å²) < 4.78 is 88.4. The molecule has 3 heterocycles. The Morgan fingerprint density at radius 2 is 0.899 bits per heavy atom. The van der Waals surface area contributed by atoms with Gasteiger partial charge in [-0.05, 0) is 42.0 Å². The minimum absolute atomic E-state index is 0.0677. The first-order chi connectivity index (χ1) is 42.4. The maximum absolute atomic E-state index is 14.7. The SMILES string of the molecule is CO[C@H]1O[C@H](C(O)Cc2ccccc2)[C@@H](O[C@@H]2O[C@H](CO[C@@H]3O[C@H](COC(C)=O)[C@@H](OC(C)=O)[C@H](OC(C)=O)[C@H]3NC(=O)OCC(Cl)(Cl)Cl)[C@H](OC(=O)c3ccccc3)[C@H](OC(=O)c3ccccc3)[C@H]2OC(=O)c2ccccc2)[C@H](OC(C)=O)[C@H]1OC(C)=O. The molecule has 3 aliphatic rings. The summed E-state index contributed by atoms with van der Waals surface area (Å²) in [4.78, 5) is 122. The molecule has 0 aliphatic carbocycles. The summed E-state index contributed by atoms with van der Waals surface area (Å²) in [7, 11) is 1.19. The summed E-state index contributed by atoms with van der Waals surface area (Å²) in [5.41, 5.74) is 0.347. The van der Waals surface area contributed by atoms with E-state index in [0.29, 0.717) is 5.56 Å². The van der Waals surface area contributed by atoms with Crippen molar-refractivity contribution in [2.45, 2.75) is 143 Å². The molecule has 26 nitrogen and oxygen atoms in total. The molecular formula is C60H64Cl3NO25. The van der Waals surface area contributed by atoms with E-state index in [9.17, 15) is 48.3 Å². The molecule has 480 valence electrons. The van der Waals surface area contributed by atoms with Crippen LogP contribution in [0.3, 0.4) is 0 Å². The standard InChI is InChI=1S/C60H64Cl3NO25/c1-31(65)76-28-41-45(79-32(2)66)47(80-33(3)67)43(64-59(74)78-30-60(61,62)63)56(83-41)77-29-42-46(85-53(71)37-21-13-8-14-22-37)49(86-54(72)38-23-15-9-16-24-38)52(87-55(73)39-25-17-10-18-26-39)58(84-42)89-48-44(40(70)27-36-19-11-7-12-20-36)88-57(75-6)51(82-35(5)69)50(48)81-34(4)68/h7-26,40-52,56-58,70H,27-30H2,1-6H3,(H,64,74)/t40?,41-,42-,43-,44-,45-,46+,47-,48-,49+,50+,51-,52-,56-,57+,58+/m1/s1. The molecule has 2 N–H and O–H groups in total. The van der Waals surface area contributed by atoms with Crippen molar-refractivity contribution in [2.75, 3.05) is 26.9 Å². The summed E-state index contributed by atoms with van der Waals surface area (Å²) in [6, 6.07) is 29.0. The van der Waals surface area contributed by atoms with Crippen LogP contribution >= 0.6 is 34.8 Å². The van der Waals surface area contributed by atoms with Crippen LogP contribution in [0.4, 0.5) is 4.79 Å². The lowest BCUT2D eigenvalue weighted by Crippen LogP contribution is -2.69. The maximum Gasteiger partial charge on any atom is 0.407 e. The molecule has 16 atom stereocenters. The smallest absolute Gasteiger partial charge is 0.407 e. The van der Waals surface area contributed by atoms with E-state index in [1.54, 1.807) is 48.5 Å². The minimum atomic E-state index is -2.19. The number of hydrogen-bond donors (Lipinski definition) is 2. The summed E-state index contributed by atoms with van der Waals surface area (Å²) in [5.74, 6) is -8.00. The fourth-order valence-corrected chi connectivity index (χ4v) is 9.96. The number of alkyl carbamates (subject to hydrolysis) is 1. The Labute approximate surface area is 524 Å². The molecule has 3 aliphatic heterocycles. The Balaban J connectivity index is 1.43. The van der Waals surface area contributed by atoms with Gasteiger partial charge in [0.1, 0.15) is 43.7 Å². The number of amides is 1. The Morgan fingerprint density at radius 3 is 1.39 bits per heavy atom. The van der Waals surface area contributed by atoms with Crippen LogP contribution in [0.5, 0.6) is 0 Å². The van der Waals surface area contributed by atoms with E-state index in [4.69, 9.17) is 106 Å². The third-order valence-corrected chi connectivity index (χ3v) is 13.8. The van der Waals surface area contributed by atoms with E-state index in [-0.39, 0.29) is 23.1 Å². The number of carbonyl (C=O) groups is 9. The van der Waals surface area contributed by atoms with E-state index in [0.717, 1.165) is 34.6 Å². The number of nitrogens with one attached hydrogen (secondary N) is 1. The second kappa shape index (κ2) is 32.3. The van der Waals surface area contributed by atoms with Gasteiger partial charge in [-0.25, -0.2) is 19.2 Å². The quantitative estimate of drug-likeness (QED) is 0.0544. The topological polar surface area (TPSA) is 324 Å². The number of benzene rings is 4. The van der Waals surface area contributed by atoms with Gasteiger partial charge in [0.15, 0.2) is 61.6 Å². The van der Waals surface area contributed by atoms with Crippen LogP contribution in [-0.4, -0.2) is 188 Å². The Bertz CT molecular complexity index is 3050. The molecule has 0 saturated carbocycles. The van der Waals surface area contributed by atoms with Crippen LogP contribution in [0, 0.1) is 0 Å². The first-order valence-corrected chi connectivity index (χ1v) is 28.6. The van der Waals surface area contributed by atoms with Crippen molar-refractivity contribution in [3.63, 3.8) is 0 Å². The van der Waals surface area contributed by atoms with Gasteiger partial charge in [0.05, 0.1) is 29.4 Å². The van der Waals surface area contributed by atoms with Crippen molar-refractivity contribution < 1.29 is 119 Å². The van der Waals surface area contributed by atoms with Gasteiger partial charge in [-0.15, -0.1) is 0 Å². The van der Waals surface area contributed by atoms with E-state index >= 15 is 0 Å². The van der Waals surface area contributed by atoms with Gasteiger partial charge in [-0.3, -0.25) is 24.0 Å². The van der Waals surface area contributed by atoms with Crippen molar-refractivity contribution in [2.24, 2.45) is 0 Å². The Morgan fingerprint density at radius 1 is 0.483 bits per heavy atom. The molecule has 1 amide bonds. The Kier molecular flexibility index (Phi) is 25.0. The Hall–Kier alpha value is -7.50. The fraction of sp³-hybridized carbons (Fsp3) is 0.450. The number of alkyl halides is 3. The average Bonchev–Trinajstić information content (AvgIpc) is 2.44. The molecule has 29 heteroatoms. The van der Waals surface area contributed by atoms with Crippen LogP contribution in [0.15, 0.2) is 121 Å². The lowest BCUT2D eigenvalue weighted by molar-refractivity contribution is -0.365. The monoisotopic (exact) mass is 1300 g/mol. The van der Waals surface area contributed by atoms with Crippen molar-refractivity contribution >= 4 is 88.7 Å². The third kappa shape index (κ3) is 19.7. The number of esters is 8. The summed E-state index contributed by atoms with van der Waals surface area (Å²) >= 11 is 17.7. The number of aliphatic hydroxyl groups is 1. The van der Waals surface area contributed by atoms with Crippen molar-refractivity contribution in [1.29, 1.82) is 0 Å². The van der Waals surface area contributed by atoms with E-state index in [1.807, 2.05) is 0 Å². The molecule has 0 radical (unpaired) electrons. The highest BCUT2D eigenvalue weighted by Gasteiger charge is 2.60. The highest BCUT2D eigenvalue weighted by atomic mass is 35.6. The molecule has 4 aromatic carbocycles. The lowest BCUT2D eigenvalue weighted by atomic mass is 9.91. The van der Waals surface area contributed by atoms with E-state index in [2.05, 4.69) is 5.32 Å². The largest absolute Gasteiger partial charge is 0.463 e. The van der Waals surface area contributed by atoms with Crippen LogP contribution in [0.1, 0.15) is 71.3 Å². The number of rotatable bonds is 23. The molecule has 7 rings (SSSR count). The molecular weight excluding hydrogens is 1240 g/mol. The van der Waals surface area contributed by atoms with Crippen molar-refractivity contribution in [1.82, 2.24) is 5.32 Å². The van der Waals surface area contributed by atoms with Gasteiger partial charge in [0, 0.05) is 48.1 Å². The van der Waals surface area contributed by atoms with Crippen LogP contribution in [-0.2, 0) is 101 Å². The summed E-state index contributed by atoms with van der Waals surface area (Å²) in [6.45, 7) is 2.58. The average molecular weight is 1310 g/mol. The number of aliphatic hydroxyl groups excluding tert-OH is 1. The first-order valence-electron chi connectivity index (χ1n) is 27.5. The van der Waals surface area contributed by atoms with Gasteiger partial charge in [0.2, 0.25) is 3.79 Å². The van der Waals surface area contributed by atoms with E-state index in [1.165, 1.54) is 79.9 Å². The lowest BCUT2D eigenvalue weighted by Gasteiger charge is -2.50. The number of halogens is 3. The minimum Gasteiger partial charge on any atom is -0.463 e. The second-order valence-electron chi connectivity index (χ2n) is 20.1. The van der Waals surface area contributed by atoms with Crippen LogP contribution in [0.2, 0.25) is 0 Å². The van der Waals surface area contributed by atoms with E-state index < -0.39 is 176 Å². The summed E-state index contributed by atoms with van der Waals surface area (Å²) in [6.07, 6.45) is -29.1. The molecule has 3 fully saturated rings. The van der Waals surface area contributed by atoms with Crippen molar-refractivity contribution in [3.05, 3.63) is 144 Å². The zero-order valence-corrected chi connectivity index (χ0v) is 50.8. The van der Waals surface area contributed by atoms with Gasteiger partial charge >= 0.3 is 53.8 Å². The molecule has 1 unspecified atom stereocenters. The normalized spacial score (nSPS) is 27.0. The van der Waals surface area contributed by atoms with Gasteiger partial charge < -0.3 is 81.5 Å². The van der Waals surface area contributed by atoms with Gasteiger partial charge in [-0.2, -0.15) is 0 Å². The van der Waals surface area contributed by atoms with Gasteiger partial charge in [-0.1, -0.05) is 120 Å². The molecule has 0 aromatic heterocycles. The maximum atomic E-state index is 14.7. The molecule has 3 saturated heterocycles. The number of carbonyl (C=O) groups excluding carboxylic acids is 9. The predicted molar refractivity (Wildman–Crippen MR) is 304 cm³/mol. The third-order valence-electron chi connectivity index (χ3n) is 13.5. The second-order valence-corrected chi connectivity index (χ2v) is 22.7. The van der Waals surface area contributed by atoms with Crippen molar-refractivity contribution in [3.8, 4) is 0 Å². The first kappa shape index (κ1) is 69.0. The zero-order valence-electron chi connectivity index (χ0n) is 48.5. The van der Waals surface area contributed by atoms with Gasteiger partial charge in [0.25, 0.3) is 0 Å². The molecule has 4 aromatic rings. The molecule has 89 heavy (non-hydrogen) atoms. The van der Waals surface area contributed by atoms with Crippen LogP contribution < -0.4 is 5.32 Å².